The van der Waals surface area contributed by atoms with Crippen molar-refractivity contribution >= 4 is 5.91 Å². The van der Waals surface area contributed by atoms with E-state index in [0.717, 1.165) is 29.9 Å². The predicted molar refractivity (Wildman–Crippen MR) is 75.4 cm³/mol. The highest BCUT2D eigenvalue weighted by atomic mass is 16.3. The Kier molecular flexibility index (Phi) is 3.99. The number of aryl methyl sites for hydroxylation is 1. The zero-order valence-electron chi connectivity index (χ0n) is 12.3. The van der Waals surface area contributed by atoms with E-state index in [0.29, 0.717) is 12.6 Å². The fourth-order valence-corrected chi connectivity index (χ4v) is 3.12. The summed E-state index contributed by atoms with van der Waals surface area (Å²) in [7, 11) is 0. The van der Waals surface area contributed by atoms with Gasteiger partial charge in [0.05, 0.1) is 5.56 Å². The van der Waals surface area contributed by atoms with Gasteiger partial charge in [0, 0.05) is 43.0 Å². The Morgan fingerprint density at radius 1 is 1.47 bits per heavy atom. The molecule has 4 heteroatoms. The number of nitrogens with zero attached hydrogens (tertiary/aromatic N) is 2. The van der Waals surface area contributed by atoms with Crippen molar-refractivity contribution in [3.8, 4) is 0 Å². The van der Waals surface area contributed by atoms with Crippen molar-refractivity contribution < 1.29 is 9.90 Å². The van der Waals surface area contributed by atoms with Crippen LogP contribution in [-0.4, -0.2) is 40.2 Å². The van der Waals surface area contributed by atoms with E-state index in [-0.39, 0.29) is 18.4 Å². The van der Waals surface area contributed by atoms with Gasteiger partial charge in [0.25, 0.3) is 5.91 Å². The van der Waals surface area contributed by atoms with Crippen LogP contribution in [-0.2, 0) is 0 Å². The molecular formula is C15H24N2O2. The van der Waals surface area contributed by atoms with Crippen molar-refractivity contribution in [2.24, 2.45) is 5.92 Å². The molecule has 1 aromatic rings. The molecule has 1 fully saturated rings. The average Bonchev–Trinajstić information content (AvgIpc) is 2.93. The van der Waals surface area contributed by atoms with E-state index in [1.807, 2.05) is 24.8 Å². The monoisotopic (exact) mass is 264 g/mol. The Labute approximate surface area is 115 Å². The van der Waals surface area contributed by atoms with E-state index in [2.05, 4.69) is 18.4 Å². The van der Waals surface area contributed by atoms with Crippen molar-refractivity contribution in [3.05, 3.63) is 23.0 Å². The Balaban J connectivity index is 2.23. The number of hydrogen-bond acceptors (Lipinski definition) is 2. The first-order valence-corrected chi connectivity index (χ1v) is 7.04. The molecule has 1 atom stereocenters. The summed E-state index contributed by atoms with van der Waals surface area (Å²) in [5, 5.41) is 9.17. The zero-order valence-corrected chi connectivity index (χ0v) is 12.3. The Morgan fingerprint density at radius 2 is 2.16 bits per heavy atom. The van der Waals surface area contributed by atoms with Crippen LogP contribution in [0.2, 0.25) is 0 Å². The fraction of sp³-hybridized carbons (Fsp3) is 0.667. The lowest BCUT2D eigenvalue weighted by Gasteiger charge is -2.17. The molecule has 2 heterocycles. The number of carbonyl (C=O) groups is 1. The van der Waals surface area contributed by atoms with Gasteiger partial charge >= 0.3 is 0 Å². The molecular weight excluding hydrogens is 240 g/mol. The van der Waals surface area contributed by atoms with Crippen LogP contribution in [0.25, 0.3) is 0 Å². The van der Waals surface area contributed by atoms with Gasteiger partial charge in [0.1, 0.15) is 0 Å². The fourth-order valence-electron chi connectivity index (χ4n) is 3.12. The Bertz CT molecular complexity index is 477. The lowest BCUT2D eigenvalue weighted by Crippen LogP contribution is -2.29. The van der Waals surface area contributed by atoms with Crippen molar-refractivity contribution in [3.63, 3.8) is 0 Å². The summed E-state index contributed by atoms with van der Waals surface area (Å²) >= 11 is 0. The number of aromatic nitrogens is 1. The van der Waals surface area contributed by atoms with Crippen LogP contribution in [0.15, 0.2) is 6.07 Å². The molecule has 0 aliphatic carbocycles. The summed E-state index contributed by atoms with van der Waals surface area (Å²) in [5.41, 5.74) is 2.99. The van der Waals surface area contributed by atoms with E-state index in [1.54, 1.807) is 0 Å². The topological polar surface area (TPSA) is 45.5 Å². The molecule has 19 heavy (non-hydrogen) atoms. The van der Waals surface area contributed by atoms with Crippen LogP contribution in [0.4, 0.5) is 0 Å². The van der Waals surface area contributed by atoms with Gasteiger partial charge in [0.15, 0.2) is 0 Å². The minimum atomic E-state index is 0.107. The third-order valence-corrected chi connectivity index (χ3v) is 4.06. The SMILES string of the molecule is Cc1cc(C(=O)N2CCC(CO)C2)c(C)n1C(C)C. The summed E-state index contributed by atoms with van der Waals surface area (Å²) in [6.45, 7) is 9.94. The van der Waals surface area contributed by atoms with Crippen LogP contribution in [0, 0.1) is 19.8 Å². The van der Waals surface area contributed by atoms with Gasteiger partial charge in [-0.2, -0.15) is 0 Å². The van der Waals surface area contributed by atoms with Gasteiger partial charge < -0.3 is 14.6 Å². The van der Waals surface area contributed by atoms with E-state index in [9.17, 15) is 4.79 Å². The van der Waals surface area contributed by atoms with E-state index < -0.39 is 0 Å². The van der Waals surface area contributed by atoms with E-state index in [4.69, 9.17) is 5.11 Å². The maximum Gasteiger partial charge on any atom is 0.255 e. The van der Waals surface area contributed by atoms with Gasteiger partial charge in [0.2, 0.25) is 0 Å². The van der Waals surface area contributed by atoms with Gasteiger partial charge in [-0.25, -0.2) is 0 Å². The quantitative estimate of drug-likeness (QED) is 0.909. The predicted octanol–water partition coefficient (Wildman–Crippen LogP) is 2.14. The largest absolute Gasteiger partial charge is 0.396 e. The summed E-state index contributed by atoms with van der Waals surface area (Å²) in [5.74, 6) is 0.355. The number of carbonyl (C=O) groups excluding carboxylic acids is 1. The van der Waals surface area contributed by atoms with Crippen molar-refractivity contribution in [1.29, 1.82) is 0 Å². The molecule has 0 spiro atoms. The molecule has 0 bridgehead atoms. The summed E-state index contributed by atoms with van der Waals surface area (Å²) in [6.07, 6.45) is 0.908. The number of amides is 1. The molecule has 106 valence electrons. The van der Waals surface area contributed by atoms with Crippen molar-refractivity contribution in [1.82, 2.24) is 9.47 Å². The second-order valence-electron chi connectivity index (χ2n) is 5.84. The molecule has 0 aromatic carbocycles. The van der Waals surface area contributed by atoms with Crippen molar-refractivity contribution in [2.75, 3.05) is 19.7 Å². The molecule has 2 rings (SSSR count). The third kappa shape index (κ3) is 2.54. The summed E-state index contributed by atoms with van der Waals surface area (Å²) < 4.78 is 2.20. The van der Waals surface area contributed by atoms with Crippen LogP contribution in [0.5, 0.6) is 0 Å². The van der Waals surface area contributed by atoms with Gasteiger partial charge in [-0.3, -0.25) is 4.79 Å². The van der Waals surface area contributed by atoms with E-state index in [1.165, 1.54) is 0 Å². The highest BCUT2D eigenvalue weighted by Gasteiger charge is 2.28. The van der Waals surface area contributed by atoms with E-state index >= 15 is 0 Å². The number of aliphatic hydroxyl groups excluding tert-OH is 1. The van der Waals surface area contributed by atoms with Crippen LogP contribution >= 0.6 is 0 Å². The van der Waals surface area contributed by atoms with Gasteiger partial charge in [-0.05, 0) is 40.2 Å². The minimum absolute atomic E-state index is 0.107. The molecule has 1 aromatic heterocycles. The first kappa shape index (κ1) is 14.1. The molecule has 1 aliphatic heterocycles. The normalized spacial score (nSPS) is 19.5. The zero-order chi connectivity index (χ0) is 14.2. The number of likely N-dealkylation sites (tertiary alicyclic amines) is 1. The number of rotatable bonds is 3. The van der Waals surface area contributed by atoms with Crippen LogP contribution in [0.1, 0.15) is 48.1 Å². The second kappa shape index (κ2) is 5.37. The summed E-state index contributed by atoms with van der Waals surface area (Å²) in [4.78, 5) is 14.4. The molecule has 0 saturated carbocycles. The smallest absolute Gasteiger partial charge is 0.255 e. The first-order chi connectivity index (χ1) is 8.95. The third-order valence-electron chi connectivity index (χ3n) is 4.06. The van der Waals surface area contributed by atoms with Gasteiger partial charge in [-0.1, -0.05) is 0 Å². The first-order valence-electron chi connectivity index (χ1n) is 7.04. The molecule has 0 radical (unpaired) electrons. The molecule has 1 N–H and O–H groups in total. The van der Waals surface area contributed by atoms with Gasteiger partial charge in [-0.15, -0.1) is 0 Å². The molecule has 1 saturated heterocycles. The maximum absolute atomic E-state index is 12.5. The second-order valence-corrected chi connectivity index (χ2v) is 5.84. The highest BCUT2D eigenvalue weighted by molar-refractivity contribution is 5.96. The van der Waals surface area contributed by atoms with Crippen LogP contribution < -0.4 is 0 Å². The molecule has 1 unspecified atom stereocenters. The minimum Gasteiger partial charge on any atom is -0.396 e. The lowest BCUT2D eigenvalue weighted by atomic mass is 10.1. The molecule has 1 amide bonds. The lowest BCUT2D eigenvalue weighted by molar-refractivity contribution is 0.0781. The van der Waals surface area contributed by atoms with Crippen LogP contribution in [0.3, 0.4) is 0 Å². The molecule has 4 nitrogen and oxygen atoms in total. The molecule has 1 aliphatic rings. The van der Waals surface area contributed by atoms with Crippen molar-refractivity contribution in [2.45, 2.75) is 40.2 Å². The Hall–Kier alpha value is -1.29. The average molecular weight is 264 g/mol. The highest BCUT2D eigenvalue weighted by Crippen LogP contribution is 2.24. The standard InChI is InChI=1S/C15H24N2O2/c1-10(2)17-11(3)7-14(12(17)4)15(19)16-6-5-13(8-16)9-18/h7,10,13,18H,5-6,8-9H2,1-4H3. The summed E-state index contributed by atoms with van der Waals surface area (Å²) in [6, 6.07) is 2.36. The number of hydrogen-bond donors (Lipinski definition) is 1. The Morgan fingerprint density at radius 3 is 2.63 bits per heavy atom. The number of aliphatic hydroxyl groups is 1. The maximum atomic E-state index is 12.5.